The molecule has 0 radical (unpaired) electrons. The average Bonchev–Trinajstić information content (AvgIpc) is 3.56. The number of aromatic nitrogens is 1. The lowest BCUT2D eigenvalue weighted by Crippen LogP contribution is -2.18. The van der Waals surface area contributed by atoms with Crippen molar-refractivity contribution in [2.24, 2.45) is 11.8 Å². The number of carbonyl (C=O) groups is 2. The predicted molar refractivity (Wildman–Crippen MR) is 142 cm³/mol. The highest BCUT2D eigenvalue weighted by Crippen LogP contribution is 2.50. The standard InChI is InChI=1S/C29H39ClN2O4/c1-17(2)14-19-5-7-21(8-6-19)29-27(20-9-10-20)28(32-36-29)22(11-13-26(34)35)16-25(33)31-24-12-4-18(3)15-23(24)30/h4,12,15,17,19-22H,5-11,13-14,16H2,1-3H3,(H,31,33)(H,34,35)/t19-,21+,22-/m0/s1. The number of nitrogens with zero attached hydrogens (tertiary/aromatic N) is 1. The molecule has 7 heteroatoms. The molecule has 2 aliphatic rings. The zero-order valence-corrected chi connectivity index (χ0v) is 22.4. The van der Waals surface area contributed by atoms with Crippen molar-refractivity contribution in [2.75, 3.05) is 5.32 Å². The van der Waals surface area contributed by atoms with Gasteiger partial charge in [-0.05, 0) is 93.7 Å². The van der Waals surface area contributed by atoms with Crippen LogP contribution < -0.4 is 5.32 Å². The summed E-state index contributed by atoms with van der Waals surface area (Å²) in [4.78, 5) is 24.4. The SMILES string of the molecule is Cc1ccc(NC(=O)C[C@H](CCC(=O)O)c2noc([C@H]3CC[C@@H](CC(C)C)CC3)c2C2CC2)c(Cl)c1. The van der Waals surface area contributed by atoms with Crippen LogP contribution in [-0.4, -0.2) is 22.1 Å². The van der Waals surface area contributed by atoms with E-state index in [-0.39, 0.29) is 24.7 Å². The maximum atomic E-state index is 13.0. The van der Waals surface area contributed by atoms with Gasteiger partial charge < -0.3 is 14.9 Å². The van der Waals surface area contributed by atoms with E-state index in [2.05, 4.69) is 24.3 Å². The molecule has 1 aromatic heterocycles. The van der Waals surface area contributed by atoms with E-state index in [0.717, 1.165) is 54.5 Å². The zero-order chi connectivity index (χ0) is 25.8. The van der Waals surface area contributed by atoms with Crippen molar-refractivity contribution in [3.8, 4) is 0 Å². The van der Waals surface area contributed by atoms with E-state index in [4.69, 9.17) is 16.1 Å². The molecular weight excluding hydrogens is 476 g/mol. The van der Waals surface area contributed by atoms with Gasteiger partial charge in [-0.25, -0.2) is 0 Å². The van der Waals surface area contributed by atoms with Crippen molar-refractivity contribution in [3.05, 3.63) is 45.8 Å². The van der Waals surface area contributed by atoms with Crippen LogP contribution in [-0.2, 0) is 9.59 Å². The molecule has 0 saturated heterocycles. The van der Waals surface area contributed by atoms with Crippen molar-refractivity contribution in [1.82, 2.24) is 5.16 Å². The Labute approximate surface area is 219 Å². The average molecular weight is 515 g/mol. The van der Waals surface area contributed by atoms with Gasteiger partial charge >= 0.3 is 5.97 Å². The van der Waals surface area contributed by atoms with E-state index >= 15 is 0 Å². The second-order valence-corrected chi connectivity index (χ2v) is 11.7. The van der Waals surface area contributed by atoms with E-state index in [9.17, 15) is 14.7 Å². The highest BCUT2D eigenvalue weighted by molar-refractivity contribution is 6.33. The van der Waals surface area contributed by atoms with Crippen LogP contribution in [0.1, 0.15) is 118 Å². The van der Waals surface area contributed by atoms with Crippen LogP contribution in [0.5, 0.6) is 0 Å². The molecule has 0 unspecified atom stereocenters. The topological polar surface area (TPSA) is 92.4 Å². The molecule has 0 spiro atoms. The number of nitrogens with one attached hydrogen (secondary N) is 1. The van der Waals surface area contributed by atoms with Gasteiger partial charge in [-0.15, -0.1) is 0 Å². The first-order chi connectivity index (χ1) is 17.2. The second-order valence-electron chi connectivity index (χ2n) is 11.3. The summed E-state index contributed by atoms with van der Waals surface area (Å²) < 4.78 is 6.02. The van der Waals surface area contributed by atoms with Gasteiger partial charge in [0, 0.05) is 30.2 Å². The molecule has 1 atom stereocenters. The summed E-state index contributed by atoms with van der Waals surface area (Å²) in [6.07, 6.45) is 8.59. The van der Waals surface area contributed by atoms with E-state index in [1.165, 1.54) is 24.8 Å². The van der Waals surface area contributed by atoms with Crippen LogP contribution >= 0.6 is 11.6 Å². The Hall–Kier alpha value is -2.34. The molecule has 6 nitrogen and oxygen atoms in total. The Morgan fingerprint density at radius 1 is 1.14 bits per heavy atom. The van der Waals surface area contributed by atoms with Crippen LogP contribution in [0.15, 0.2) is 22.7 Å². The van der Waals surface area contributed by atoms with Crippen molar-refractivity contribution in [1.29, 1.82) is 0 Å². The third kappa shape index (κ3) is 6.90. The predicted octanol–water partition coefficient (Wildman–Crippen LogP) is 7.81. The van der Waals surface area contributed by atoms with E-state index in [1.807, 2.05) is 19.1 Å². The number of carbonyl (C=O) groups excluding carboxylic acids is 1. The highest BCUT2D eigenvalue weighted by atomic mass is 35.5. The summed E-state index contributed by atoms with van der Waals surface area (Å²) in [5.74, 6) is 1.91. The zero-order valence-electron chi connectivity index (χ0n) is 21.7. The minimum Gasteiger partial charge on any atom is -0.481 e. The Morgan fingerprint density at radius 2 is 1.83 bits per heavy atom. The van der Waals surface area contributed by atoms with Crippen molar-refractivity contribution in [2.45, 2.75) is 103 Å². The molecule has 0 bridgehead atoms. The second kappa shape index (κ2) is 11.8. The molecule has 2 saturated carbocycles. The third-order valence-corrected chi connectivity index (χ3v) is 8.03. The van der Waals surface area contributed by atoms with Crippen LogP contribution in [0.25, 0.3) is 0 Å². The molecular formula is C29H39ClN2O4. The number of benzene rings is 1. The minimum absolute atomic E-state index is 0.0180. The number of amides is 1. The Kier molecular flexibility index (Phi) is 8.76. The Bertz CT molecular complexity index is 1070. The quantitative estimate of drug-likeness (QED) is 0.319. The van der Waals surface area contributed by atoms with Crippen LogP contribution in [0.4, 0.5) is 5.69 Å². The van der Waals surface area contributed by atoms with E-state index in [1.54, 1.807) is 6.07 Å². The fourth-order valence-electron chi connectivity index (χ4n) is 5.80. The largest absolute Gasteiger partial charge is 0.481 e. The summed E-state index contributed by atoms with van der Waals surface area (Å²) >= 11 is 6.31. The van der Waals surface area contributed by atoms with Gasteiger partial charge in [-0.3, -0.25) is 9.59 Å². The third-order valence-electron chi connectivity index (χ3n) is 7.72. The molecule has 196 valence electrons. The molecule has 2 aromatic rings. The molecule has 2 fully saturated rings. The molecule has 0 aliphatic heterocycles. The summed E-state index contributed by atoms with van der Waals surface area (Å²) in [7, 11) is 0. The molecule has 36 heavy (non-hydrogen) atoms. The Morgan fingerprint density at radius 3 is 2.44 bits per heavy atom. The number of aryl methyl sites for hydroxylation is 1. The van der Waals surface area contributed by atoms with Gasteiger partial charge in [0.15, 0.2) is 0 Å². The van der Waals surface area contributed by atoms with Gasteiger partial charge in [0.05, 0.1) is 16.4 Å². The molecule has 2 N–H and O–H groups in total. The first-order valence-corrected chi connectivity index (χ1v) is 13.9. The van der Waals surface area contributed by atoms with Crippen LogP contribution in [0.2, 0.25) is 5.02 Å². The molecule has 1 aromatic carbocycles. The van der Waals surface area contributed by atoms with Crippen molar-refractivity contribution >= 4 is 29.2 Å². The number of rotatable bonds is 11. The number of carboxylic acids is 1. The summed E-state index contributed by atoms with van der Waals surface area (Å²) in [6, 6.07) is 5.50. The summed E-state index contributed by atoms with van der Waals surface area (Å²) in [5, 5.41) is 17.3. The lowest BCUT2D eigenvalue weighted by molar-refractivity contribution is -0.137. The summed E-state index contributed by atoms with van der Waals surface area (Å²) in [5.41, 5.74) is 3.53. The lowest BCUT2D eigenvalue weighted by Gasteiger charge is -2.28. The number of hydrogen-bond donors (Lipinski definition) is 2. The summed E-state index contributed by atoms with van der Waals surface area (Å²) in [6.45, 7) is 6.53. The molecule has 1 heterocycles. The molecule has 4 rings (SSSR count). The smallest absolute Gasteiger partial charge is 0.303 e. The maximum absolute atomic E-state index is 13.0. The van der Waals surface area contributed by atoms with Gasteiger partial charge in [-0.1, -0.05) is 36.7 Å². The van der Waals surface area contributed by atoms with Gasteiger partial charge in [0.2, 0.25) is 5.91 Å². The molecule has 2 aliphatic carbocycles. The number of anilines is 1. The minimum atomic E-state index is -0.873. The number of aliphatic carboxylic acids is 1. The van der Waals surface area contributed by atoms with Gasteiger partial charge in [0.1, 0.15) is 5.76 Å². The maximum Gasteiger partial charge on any atom is 0.303 e. The van der Waals surface area contributed by atoms with Gasteiger partial charge in [-0.2, -0.15) is 0 Å². The number of hydrogen-bond acceptors (Lipinski definition) is 4. The van der Waals surface area contributed by atoms with Crippen LogP contribution in [0, 0.1) is 18.8 Å². The van der Waals surface area contributed by atoms with Crippen molar-refractivity contribution in [3.63, 3.8) is 0 Å². The lowest BCUT2D eigenvalue weighted by atomic mass is 9.76. The number of carboxylic acid groups (broad SMARTS) is 1. The van der Waals surface area contributed by atoms with Crippen molar-refractivity contribution < 1.29 is 19.2 Å². The van der Waals surface area contributed by atoms with E-state index < -0.39 is 5.97 Å². The highest BCUT2D eigenvalue weighted by Gasteiger charge is 2.38. The van der Waals surface area contributed by atoms with Gasteiger partial charge in [0.25, 0.3) is 0 Å². The number of halogens is 1. The molecule has 1 amide bonds. The fourth-order valence-corrected chi connectivity index (χ4v) is 6.08. The Balaban J connectivity index is 1.52. The first kappa shape index (κ1) is 26.7. The normalized spacial score (nSPS) is 20.9. The van der Waals surface area contributed by atoms with Crippen LogP contribution in [0.3, 0.4) is 0 Å². The fraction of sp³-hybridized carbons (Fsp3) is 0.621. The van der Waals surface area contributed by atoms with E-state index in [0.29, 0.717) is 29.0 Å². The first-order valence-electron chi connectivity index (χ1n) is 13.5. The monoisotopic (exact) mass is 514 g/mol.